The van der Waals surface area contributed by atoms with Gasteiger partial charge in [-0.05, 0) is 57.4 Å². The smallest absolute Gasteiger partial charge is 0.279 e. The van der Waals surface area contributed by atoms with Crippen molar-refractivity contribution in [2.24, 2.45) is 5.92 Å². The third-order valence-corrected chi connectivity index (χ3v) is 7.62. The lowest BCUT2D eigenvalue weighted by Gasteiger charge is -2.32. The molecule has 0 aliphatic carbocycles. The normalized spacial score (nSPS) is 29.0. The zero-order chi connectivity index (χ0) is 15.3. The van der Waals surface area contributed by atoms with E-state index in [-0.39, 0.29) is 4.75 Å². The second-order valence-corrected chi connectivity index (χ2v) is 9.82. The van der Waals surface area contributed by atoms with Gasteiger partial charge in [-0.15, -0.1) is 0 Å². The molecule has 0 aromatic rings. The first kappa shape index (κ1) is 17.5. The Kier molecular flexibility index (Phi) is 6.38. The minimum atomic E-state index is -3.30. The predicted molar refractivity (Wildman–Crippen MR) is 89.9 cm³/mol. The van der Waals surface area contributed by atoms with Crippen LogP contribution in [0.15, 0.2) is 0 Å². The van der Waals surface area contributed by atoms with E-state index >= 15 is 0 Å². The van der Waals surface area contributed by atoms with E-state index in [2.05, 4.69) is 23.9 Å². The second kappa shape index (κ2) is 7.64. The summed E-state index contributed by atoms with van der Waals surface area (Å²) in [7, 11) is -3.30. The van der Waals surface area contributed by atoms with Gasteiger partial charge < -0.3 is 5.32 Å². The quantitative estimate of drug-likeness (QED) is 0.739. The standard InChI is InChI=1S/C14H29N3O2S2/c1-3-15-11-13-5-8-17(9-6-13)21(18,19)16-12-14(2)7-4-10-20-14/h13,15-16H,3-12H2,1-2H3. The van der Waals surface area contributed by atoms with E-state index in [1.165, 1.54) is 6.42 Å². The van der Waals surface area contributed by atoms with Gasteiger partial charge >= 0.3 is 0 Å². The number of piperidine rings is 1. The Balaban J connectivity index is 1.78. The highest BCUT2D eigenvalue weighted by Crippen LogP contribution is 2.37. The zero-order valence-electron chi connectivity index (χ0n) is 13.2. The molecule has 5 nitrogen and oxygen atoms in total. The van der Waals surface area contributed by atoms with Gasteiger partial charge in [-0.3, -0.25) is 0 Å². The van der Waals surface area contributed by atoms with Crippen molar-refractivity contribution in [1.29, 1.82) is 0 Å². The molecule has 2 heterocycles. The van der Waals surface area contributed by atoms with Gasteiger partial charge in [0.1, 0.15) is 0 Å². The summed E-state index contributed by atoms with van der Waals surface area (Å²) in [5.41, 5.74) is 0. The van der Waals surface area contributed by atoms with Crippen molar-refractivity contribution in [2.45, 2.75) is 44.3 Å². The molecule has 0 aromatic heterocycles. The van der Waals surface area contributed by atoms with E-state index in [9.17, 15) is 8.42 Å². The van der Waals surface area contributed by atoms with E-state index in [4.69, 9.17) is 0 Å². The number of nitrogens with zero attached hydrogens (tertiary/aromatic N) is 1. The number of thioether (sulfide) groups is 1. The van der Waals surface area contributed by atoms with Crippen molar-refractivity contribution in [3.63, 3.8) is 0 Å². The molecular weight excluding hydrogens is 306 g/mol. The van der Waals surface area contributed by atoms with Crippen molar-refractivity contribution in [2.75, 3.05) is 38.5 Å². The minimum absolute atomic E-state index is 0.0798. The topological polar surface area (TPSA) is 61.4 Å². The van der Waals surface area contributed by atoms with E-state index in [1.54, 1.807) is 4.31 Å². The first-order valence-electron chi connectivity index (χ1n) is 8.04. The van der Waals surface area contributed by atoms with Gasteiger partial charge in [0.2, 0.25) is 0 Å². The Morgan fingerprint density at radius 1 is 1.33 bits per heavy atom. The molecule has 0 spiro atoms. The molecule has 2 fully saturated rings. The Bertz CT molecular complexity index is 414. The van der Waals surface area contributed by atoms with Crippen molar-refractivity contribution in [3.8, 4) is 0 Å². The fourth-order valence-corrected chi connectivity index (χ4v) is 5.72. The third kappa shape index (κ3) is 5.10. The van der Waals surface area contributed by atoms with Crippen LogP contribution in [0.4, 0.5) is 0 Å². The van der Waals surface area contributed by atoms with E-state index in [0.717, 1.165) is 38.1 Å². The first-order valence-corrected chi connectivity index (χ1v) is 10.5. The molecule has 1 unspecified atom stereocenters. The SMILES string of the molecule is CCNCC1CCN(S(=O)(=O)NCC2(C)CCCS2)CC1. The van der Waals surface area contributed by atoms with E-state index < -0.39 is 10.2 Å². The molecule has 2 saturated heterocycles. The van der Waals surface area contributed by atoms with Gasteiger partial charge in [-0.1, -0.05) is 6.92 Å². The highest BCUT2D eigenvalue weighted by Gasteiger charge is 2.33. The molecule has 2 aliphatic rings. The molecule has 0 bridgehead atoms. The second-order valence-electron chi connectivity index (χ2n) is 6.38. The van der Waals surface area contributed by atoms with E-state index in [1.807, 2.05) is 11.8 Å². The van der Waals surface area contributed by atoms with Crippen LogP contribution in [0.25, 0.3) is 0 Å². The Morgan fingerprint density at radius 3 is 2.62 bits per heavy atom. The molecule has 124 valence electrons. The van der Waals surface area contributed by atoms with Gasteiger partial charge in [0.15, 0.2) is 0 Å². The monoisotopic (exact) mass is 335 g/mol. The van der Waals surface area contributed by atoms with Crippen LogP contribution < -0.4 is 10.0 Å². The largest absolute Gasteiger partial charge is 0.317 e. The number of rotatable bonds is 7. The molecule has 0 radical (unpaired) electrons. The molecule has 1 atom stereocenters. The fourth-order valence-electron chi connectivity index (χ4n) is 3.01. The molecule has 0 amide bonds. The molecule has 7 heteroatoms. The maximum absolute atomic E-state index is 12.4. The van der Waals surface area contributed by atoms with E-state index in [0.29, 0.717) is 25.6 Å². The van der Waals surface area contributed by atoms with Crippen LogP contribution in [-0.4, -0.2) is 55.9 Å². The van der Waals surface area contributed by atoms with Crippen LogP contribution in [0, 0.1) is 5.92 Å². The fraction of sp³-hybridized carbons (Fsp3) is 1.00. The first-order chi connectivity index (χ1) is 9.95. The third-order valence-electron chi connectivity index (χ3n) is 4.53. The van der Waals surface area contributed by atoms with Crippen molar-refractivity contribution in [3.05, 3.63) is 0 Å². The maximum Gasteiger partial charge on any atom is 0.279 e. The number of hydrogen-bond acceptors (Lipinski definition) is 4. The van der Waals surface area contributed by atoms with Gasteiger partial charge in [0, 0.05) is 24.4 Å². The predicted octanol–water partition coefficient (Wildman–Crippen LogP) is 1.43. The highest BCUT2D eigenvalue weighted by molar-refractivity contribution is 8.00. The maximum atomic E-state index is 12.4. The summed E-state index contributed by atoms with van der Waals surface area (Å²) in [6.45, 7) is 8.10. The van der Waals surface area contributed by atoms with Gasteiger partial charge in [0.25, 0.3) is 10.2 Å². The summed E-state index contributed by atoms with van der Waals surface area (Å²) in [4.78, 5) is 0. The Hall–Kier alpha value is 0.180. The molecule has 0 aromatic carbocycles. The summed E-state index contributed by atoms with van der Waals surface area (Å²) in [5, 5.41) is 3.35. The average Bonchev–Trinajstić information content (AvgIpc) is 2.91. The van der Waals surface area contributed by atoms with Gasteiger partial charge in [-0.25, -0.2) is 4.72 Å². The average molecular weight is 336 g/mol. The number of nitrogens with one attached hydrogen (secondary N) is 2. The lowest BCUT2D eigenvalue weighted by Crippen LogP contribution is -2.48. The summed E-state index contributed by atoms with van der Waals surface area (Å²) in [6, 6.07) is 0. The van der Waals surface area contributed by atoms with Gasteiger partial charge in [0.05, 0.1) is 0 Å². The number of hydrogen-bond donors (Lipinski definition) is 2. The summed E-state index contributed by atoms with van der Waals surface area (Å²) in [5.74, 6) is 1.76. The lowest BCUT2D eigenvalue weighted by molar-refractivity contribution is 0.265. The molecule has 2 N–H and O–H groups in total. The summed E-state index contributed by atoms with van der Waals surface area (Å²) < 4.78 is 29.3. The van der Waals surface area contributed by atoms with Crippen LogP contribution in [0.1, 0.15) is 39.5 Å². The van der Waals surface area contributed by atoms with Gasteiger partial charge in [-0.2, -0.15) is 24.5 Å². The highest BCUT2D eigenvalue weighted by atomic mass is 32.2. The molecule has 2 rings (SSSR count). The minimum Gasteiger partial charge on any atom is -0.317 e. The van der Waals surface area contributed by atoms with Crippen molar-refractivity contribution >= 4 is 22.0 Å². The van der Waals surface area contributed by atoms with Crippen LogP contribution in [0.5, 0.6) is 0 Å². The Morgan fingerprint density at radius 2 is 2.05 bits per heavy atom. The molecule has 0 saturated carbocycles. The summed E-state index contributed by atoms with van der Waals surface area (Å²) in [6.07, 6.45) is 4.21. The van der Waals surface area contributed by atoms with Crippen LogP contribution in [-0.2, 0) is 10.2 Å². The molecule has 2 aliphatic heterocycles. The zero-order valence-corrected chi connectivity index (χ0v) is 14.9. The summed E-state index contributed by atoms with van der Waals surface area (Å²) >= 11 is 1.89. The lowest BCUT2D eigenvalue weighted by atomic mass is 9.98. The molecule has 21 heavy (non-hydrogen) atoms. The van der Waals surface area contributed by atoms with Crippen LogP contribution >= 0.6 is 11.8 Å². The van der Waals surface area contributed by atoms with Crippen LogP contribution in [0.2, 0.25) is 0 Å². The van der Waals surface area contributed by atoms with Crippen molar-refractivity contribution < 1.29 is 8.42 Å². The van der Waals surface area contributed by atoms with Crippen molar-refractivity contribution in [1.82, 2.24) is 14.3 Å². The molecular formula is C14H29N3O2S2. The Labute approximate surface area is 133 Å². The van der Waals surface area contributed by atoms with Crippen LogP contribution in [0.3, 0.4) is 0 Å².